The van der Waals surface area contributed by atoms with E-state index in [0.717, 1.165) is 11.1 Å². The molecule has 0 bridgehead atoms. The lowest BCUT2D eigenvalue weighted by Gasteiger charge is -2.03. The maximum absolute atomic E-state index is 10.6. The van der Waals surface area contributed by atoms with E-state index in [0.29, 0.717) is 0 Å². The normalized spacial score (nSPS) is 18.7. The van der Waals surface area contributed by atoms with Crippen LogP contribution in [0.3, 0.4) is 0 Å². The molecule has 0 amide bonds. The summed E-state index contributed by atoms with van der Waals surface area (Å²) < 4.78 is 0. The van der Waals surface area contributed by atoms with E-state index >= 15 is 0 Å². The van der Waals surface area contributed by atoms with E-state index in [1.54, 1.807) is 18.2 Å². The fraction of sp³-hybridized carbons (Fsp3) is 0.100. The summed E-state index contributed by atoms with van der Waals surface area (Å²) in [6.45, 7) is 0. The third-order valence-corrected chi connectivity index (χ3v) is 2.46. The average Bonchev–Trinajstić information content (AvgIpc) is 2.47. The van der Waals surface area contributed by atoms with Gasteiger partial charge < -0.3 is 5.11 Å². The third-order valence-electron chi connectivity index (χ3n) is 2.08. The zero-order valence-electron chi connectivity index (χ0n) is 6.70. The second kappa shape index (κ2) is 2.89. The molecule has 13 heavy (non-hydrogen) atoms. The summed E-state index contributed by atoms with van der Waals surface area (Å²) in [5.41, 5.74) is 2.17. The van der Waals surface area contributed by atoms with Crippen LogP contribution < -0.4 is 0 Å². The van der Waals surface area contributed by atoms with Gasteiger partial charge >= 0.3 is 5.97 Å². The fourth-order valence-corrected chi connectivity index (χ4v) is 1.65. The largest absolute Gasteiger partial charge is 0.478 e. The smallest absolute Gasteiger partial charge is 0.335 e. The summed E-state index contributed by atoms with van der Waals surface area (Å²) in [6.07, 6.45) is 3.75. The van der Waals surface area contributed by atoms with Gasteiger partial charge in [-0.1, -0.05) is 18.2 Å². The molecule has 0 radical (unpaired) electrons. The molecule has 66 valence electrons. The van der Waals surface area contributed by atoms with Crippen LogP contribution in [-0.2, 0) is 0 Å². The minimum absolute atomic E-state index is 0.186. The Morgan fingerprint density at radius 3 is 2.92 bits per heavy atom. The van der Waals surface area contributed by atoms with Crippen LogP contribution in [0.4, 0.5) is 0 Å². The Labute approximate surface area is 80.5 Å². The lowest BCUT2D eigenvalue weighted by atomic mass is 10.1. The summed E-state index contributed by atoms with van der Waals surface area (Å²) in [6, 6.07) is 4.98. The van der Waals surface area contributed by atoms with Gasteiger partial charge in [0.05, 0.1) is 10.9 Å². The predicted octanol–water partition coefficient (Wildman–Crippen LogP) is 2.69. The van der Waals surface area contributed by atoms with Crippen molar-refractivity contribution in [1.29, 1.82) is 0 Å². The molecule has 0 saturated carbocycles. The molecule has 0 saturated heterocycles. The summed E-state index contributed by atoms with van der Waals surface area (Å²) in [5.74, 6) is -0.918. The van der Waals surface area contributed by atoms with Gasteiger partial charge in [0, 0.05) is 0 Å². The summed E-state index contributed by atoms with van der Waals surface area (Å²) >= 11 is 5.94. The number of carboxylic acid groups (broad SMARTS) is 1. The fourth-order valence-electron chi connectivity index (χ4n) is 1.39. The van der Waals surface area contributed by atoms with Gasteiger partial charge in [0.25, 0.3) is 0 Å². The first-order chi connectivity index (χ1) is 6.18. The van der Waals surface area contributed by atoms with Crippen LogP contribution in [0.15, 0.2) is 24.3 Å². The quantitative estimate of drug-likeness (QED) is 0.698. The molecule has 0 fully saturated rings. The van der Waals surface area contributed by atoms with Crippen LogP contribution in [0.1, 0.15) is 26.9 Å². The monoisotopic (exact) mass is 194 g/mol. The SMILES string of the molecule is O=C(O)c1ccc2c(c1)C(Cl)C=C2. The van der Waals surface area contributed by atoms with Gasteiger partial charge in [-0.05, 0) is 23.3 Å². The van der Waals surface area contributed by atoms with Crippen LogP contribution in [0.5, 0.6) is 0 Å². The highest BCUT2D eigenvalue weighted by atomic mass is 35.5. The zero-order valence-corrected chi connectivity index (χ0v) is 7.45. The average molecular weight is 195 g/mol. The number of halogens is 1. The van der Waals surface area contributed by atoms with Gasteiger partial charge in [-0.25, -0.2) is 4.79 Å². The van der Waals surface area contributed by atoms with Crippen molar-refractivity contribution in [2.45, 2.75) is 5.38 Å². The topological polar surface area (TPSA) is 37.3 Å². The molecule has 1 N–H and O–H groups in total. The summed E-state index contributed by atoms with van der Waals surface area (Å²) in [5, 5.41) is 8.55. The number of hydrogen-bond acceptors (Lipinski definition) is 1. The van der Waals surface area contributed by atoms with E-state index in [-0.39, 0.29) is 10.9 Å². The first-order valence-corrected chi connectivity index (χ1v) is 4.31. The van der Waals surface area contributed by atoms with Gasteiger partial charge in [0.1, 0.15) is 0 Å². The Kier molecular flexibility index (Phi) is 1.85. The third kappa shape index (κ3) is 1.33. The molecule has 1 aromatic rings. The Morgan fingerprint density at radius 1 is 1.46 bits per heavy atom. The highest BCUT2D eigenvalue weighted by Gasteiger charge is 2.16. The number of hydrogen-bond donors (Lipinski definition) is 1. The first-order valence-electron chi connectivity index (χ1n) is 3.88. The van der Waals surface area contributed by atoms with E-state index in [1.165, 1.54) is 0 Å². The molecule has 0 aliphatic heterocycles. The van der Waals surface area contributed by atoms with Gasteiger partial charge in [-0.2, -0.15) is 0 Å². The standard InChI is InChI=1S/C10H7ClO2/c11-9-4-3-6-1-2-7(10(12)13)5-8(6)9/h1-5,9H,(H,12,13). The molecule has 1 aromatic carbocycles. The van der Waals surface area contributed by atoms with Crippen molar-refractivity contribution >= 4 is 23.6 Å². The molecule has 0 spiro atoms. The van der Waals surface area contributed by atoms with Crippen molar-refractivity contribution in [3.05, 3.63) is 41.0 Å². The molecule has 2 nitrogen and oxygen atoms in total. The number of rotatable bonds is 1. The second-order valence-electron chi connectivity index (χ2n) is 2.91. The molecule has 0 aromatic heterocycles. The number of fused-ring (bicyclic) bond motifs is 1. The lowest BCUT2D eigenvalue weighted by molar-refractivity contribution is 0.0697. The number of allylic oxidation sites excluding steroid dienone is 1. The summed E-state index contributed by atoms with van der Waals surface area (Å²) in [7, 11) is 0. The van der Waals surface area contributed by atoms with Crippen LogP contribution in [0.2, 0.25) is 0 Å². The van der Waals surface area contributed by atoms with Crippen LogP contribution in [0.25, 0.3) is 6.08 Å². The van der Waals surface area contributed by atoms with Crippen molar-refractivity contribution in [2.75, 3.05) is 0 Å². The number of aromatic carboxylic acids is 1. The molecule has 0 heterocycles. The van der Waals surface area contributed by atoms with Crippen molar-refractivity contribution in [3.8, 4) is 0 Å². The Morgan fingerprint density at radius 2 is 2.23 bits per heavy atom. The highest BCUT2D eigenvalue weighted by Crippen LogP contribution is 2.33. The molecular weight excluding hydrogens is 188 g/mol. The number of carbonyl (C=O) groups is 1. The van der Waals surface area contributed by atoms with E-state index in [9.17, 15) is 4.79 Å². The van der Waals surface area contributed by atoms with Crippen molar-refractivity contribution in [2.24, 2.45) is 0 Å². The van der Waals surface area contributed by atoms with Crippen LogP contribution >= 0.6 is 11.6 Å². The molecule has 1 aliphatic rings. The zero-order chi connectivity index (χ0) is 9.42. The Hall–Kier alpha value is -1.28. The molecule has 1 unspecified atom stereocenters. The lowest BCUT2D eigenvalue weighted by Crippen LogP contribution is -1.97. The molecule has 1 atom stereocenters. The van der Waals surface area contributed by atoms with E-state index in [1.807, 2.05) is 12.2 Å². The van der Waals surface area contributed by atoms with Gasteiger partial charge in [-0.15, -0.1) is 11.6 Å². The second-order valence-corrected chi connectivity index (χ2v) is 3.38. The molecule has 3 heteroatoms. The highest BCUT2D eigenvalue weighted by molar-refractivity contribution is 6.23. The van der Waals surface area contributed by atoms with Crippen LogP contribution in [-0.4, -0.2) is 11.1 Å². The first kappa shape index (κ1) is 8.32. The van der Waals surface area contributed by atoms with E-state index in [4.69, 9.17) is 16.7 Å². The van der Waals surface area contributed by atoms with Crippen molar-refractivity contribution < 1.29 is 9.90 Å². The van der Waals surface area contributed by atoms with E-state index < -0.39 is 5.97 Å². The molecule has 2 rings (SSSR count). The number of benzene rings is 1. The summed E-state index contributed by atoms with van der Waals surface area (Å²) in [4.78, 5) is 10.6. The van der Waals surface area contributed by atoms with Gasteiger partial charge in [0.2, 0.25) is 0 Å². The maximum Gasteiger partial charge on any atom is 0.335 e. The number of carboxylic acids is 1. The Bertz CT molecular complexity index is 396. The van der Waals surface area contributed by atoms with E-state index in [2.05, 4.69) is 0 Å². The maximum atomic E-state index is 10.6. The minimum atomic E-state index is -0.918. The van der Waals surface area contributed by atoms with Crippen molar-refractivity contribution in [3.63, 3.8) is 0 Å². The minimum Gasteiger partial charge on any atom is -0.478 e. The number of alkyl halides is 1. The predicted molar refractivity (Wildman–Crippen MR) is 51.0 cm³/mol. The Balaban J connectivity index is 2.51. The van der Waals surface area contributed by atoms with Crippen LogP contribution in [0, 0.1) is 0 Å². The van der Waals surface area contributed by atoms with Gasteiger partial charge in [-0.3, -0.25) is 0 Å². The van der Waals surface area contributed by atoms with Gasteiger partial charge in [0.15, 0.2) is 0 Å². The molecule has 1 aliphatic carbocycles. The van der Waals surface area contributed by atoms with Crippen molar-refractivity contribution in [1.82, 2.24) is 0 Å². The molecular formula is C10H7ClO2.